The normalized spacial score (nSPS) is 18.2. The Morgan fingerprint density at radius 1 is 0.253 bits per heavy atom. The van der Waals surface area contributed by atoms with Gasteiger partial charge in [-0.2, -0.15) is 0 Å². The second kappa shape index (κ2) is 57.0. The maximum atomic E-state index is 13.6. The van der Waals surface area contributed by atoms with Crippen LogP contribution in [-0.2, 0) is 93.4 Å². The molecule has 3 aliphatic rings. The first-order chi connectivity index (χ1) is 35.6. The summed E-state index contributed by atoms with van der Waals surface area (Å²) in [7, 11) is 0. The molecule has 5 rings (SSSR count). The Morgan fingerprint density at radius 3 is 0.440 bits per heavy atom. The Bertz CT molecular complexity index is 1410. The Morgan fingerprint density at radius 2 is 0.347 bits per heavy atom. The molecule has 0 bridgehead atoms. The van der Waals surface area contributed by atoms with Gasteiger partial charge in [0.15, 0.2) is 57.9 Å². The van der Waals surface area contributed by atoms with E-state index < -0.39 is 65.1 Å². The summed E-state index contributed by atoms with van der Waals surface area (Å²) >= 11 is 1.95. The van der Waals surface area contributed by atoms with E-state index in [0.717, 1.165) is 45.2 Å². The number of hydrogen-bond donors (Lipinski definition) is 0. The van der Waals surface area contributed by atoms with Crippen LogP contribution in [0.15, 0.2) is 10.2 Å². The maximum Gasteiger partial charge on any atom is 1.00 e. The quantitative estimate of drug-likeness (QED) is 0.0795. The van der Waals surface area contributed by atoms with Gasteiger partial charge in [-0.25, -0.2) is 35.1 Å². The number of nitrogens with zero attached hydrogens (tertiary/aromatic N) is 4. The van der Waals surface area contributed by atoms with Crippen molar-refractivity contribution >= 4 is 56.6 Å². The fourth-order valence-corrected chi connectivity index (χ4v) is 5.71. The van der Waals surface area contributed by atoms with E-state index in [1.165, 1.54) is 0 Å². The third kappa shape index (κ3) is 39.7. The van der Waals surface area contributed by atoms with Gasteiger partial charge in [-0.3, -0.25) is 0 Å². The third-order valence-corrected chi connectivity index (χ3v) is 10.1. The van der Waals surface area contributed by atoms with Crippen LogP contribution in [-0.4, -0.2) is 198 Å². The zero-order chi connectivity index (χ0) is 54.2. The number of hydrogen-bond acceptors (Lipinski definition) is 19. The number of halogens is 10. The van der Waals surface area contributed by atoms with Crippen molar-refractivity contribution in [2.24, 2.45) is 10.2 Å². The molecule has 3 aliphatic heterocycles. The van der Waals surface area contributed by atoms with Crippen molar-refractivity contribution in [2.45, 2.75) is 0 Å². The molecule has 0 atom stereocenters. The predicted octanol–water partition coefficient (Wildman–Crippen LogP) is 3.87. The fraction of sp³-hybridized carbons (Fsp3) is 0.682. The zero-order valence-electron chi connectivity index (χ0n) is 41.2. The van der Waals surface area contributed by atoms with Gasteiger partial charge in [-0.15, -0.1) is 10.2 Å². The molecule has 0 saturated carbocycles. The molecule has 75 heavy (non-hydrogen) atoms. The maximum absolute atomic E-state index is 13.6. The van der Waals surface area contributed by atoms with Gasteiger partial charge in [0, 0.05) is 0 Å². The molecule has 428 valence electrons. The van der Waals surface area contributed by atoms with E-state index in [1.54, 1.807) is 0 Å². The van der Waals surface area contributed by atoms with Crippen LogP contribution in [0.3, 0.4) is 0 Å². The van der Waals surface area contributed by atoms with Gasteiger partial charge in [0.25, 0.3) is 0 Å². The fourth-order valence-electron chi connectivity index (χ4n) is 4.76. The van der Waals surface area contributed by atoms with Crippen LogP contribution in [0.5, 0.6) is 0 Å². The van der Waals surface area contributed by atoms with E-state index >= 15 is 0 Å². The summed E-state index contributed by atoms with van der Waals surface area (Å²) in [5.74, 6) is -15.2. The molecular formula is C44H60AuF8I2KN4O15. The zero-order valence-corrected chi connectivity index (χ0v) is 50.8. The molecule has 0 spiro atoms. The topological polar surface area (TPSA) is 211 Å². The van der Waals surface area contributed by atoms with Crippen molar-refractivity contribution in [1.29, 1.82) is 10.5 Å². The van der Waals surface area contributed by atoms with Gasteiger partial charge >= 0.3 is 73.8 Å². The van der Waals surface area contributed by atoms with Crippen LogP contribution in [0.4, 0.5) is 46.5 Å². The molecule has 19 nitrogen and oxygen atoms in total. The van der Waals surface area contributed by atoms with Gasteiger partial charge in [0.1, 0.15) is 0 Å². The van der Waals surface area contributed by atoms with Crippen molar-refractivity contribution in [2.75, 3.05) is 198 Å². The molecule has 3 fully saturated rings. The first-order valence-electron chi connectivity index (χ1n) is 22.1. The van der Waals surface area contributed by atoms with Crippen molar-refractivity contribution in [1.82, 2.24) is 0 Å². The molecule has 3 saturated heterocycles. The van der Waals surface area contributed by atoms with Crippen LogP contribution < -0.4 is 51.4 Å². The Hall–Kier alpha value is -0.303. The summed E-state index contributed by atoms with van der Waals surface area (Å²) in [4.78, 5) is 0. The Balaban J connectivity index is -0.000000913. The second-order valence-corrected chi connectivity index (χ2v) is 15.4. The van der Waals surface area contributed by atoms with E-state index in [1.807, 2.05) is 0 Å². The minimum absolute atomic E-state index is 0. The van der Waals surface area contributed by atoms with Crippen molar-refractivity contribution in [3.63, 3.8) is 0 Å². The van der Waals surface area contributed by atoms with E-state index in [0.29, 0.717) is 198 Å². The molecule has 0 amide bonds. The van der Waals surface area contributed by atoms with Crippen LogP contribution in [0.1, 0.15) is 0 Å². The van der Waals surface area contributed by atoms with E-state index in [4.69, 9.17) is 94.7 Å². The second-order valence-electron chi connectivity index (χ2n) is 13.2. The Kier molecular flexibility index (Phi) is 59.9. The minimum atomic E-state index is -1.99. The molecule has 31 heteroatoms. The smallest absolute Gasteiger partial charge is 0.512 e. The molecular weight excluding hydrogens is 1470 g/mol. The molecule has 3 heterocycles. The number of azo groups is 1. The number of ether oxygens (including phenoxy) is 15. The van der Waals surface area contributed by atoms with E-state index in [2.05, 4.69) is 10.2 Å². The molecule has 0 aromatic heterocycles. The molecule has 2 aromatic carbocycles. The van der Waals surface area contributed by atoms with Gasteiger partial charge in [-0.1, -0.05) is 0 Å². The predicted molar refractivity (Wildman–Crippen MR) is 254 cm³/mol. The first-order valence-corrected chi connectivity index (χ1v) is 24.3. The average Bonchev–Trinajstić information content (AvgIpc) is 3.45. The molecule has 0 aliphatic carbocycles. The van der Waals surface area contributed by atoms with Gasteiger partial charge in [-0.05, 0) is 45.2 Å². The standard InChI is InChI=1S/C12F8I2N2.3C10H20O5.2CN.Au.K/c13-1-5(17)11(6(18)2(14)9(1)21)23-24-12-7(19)3(15)10(22)4(16)8(12)20;3*1-2-12-5-6-14-9-10-15-8-7-13-4-3-11-1;2*1-2;;/h;3*1-10H2;;;;/q;;;;2*-1;2*+1. The van der Waals surface area contributed by atoms with Crippen LogP contribution in [0, 0.1) is 77.3 Å². The van der Waals surface area contributed by atoms with Crippen LogP contribution >= 0.6 is 45.2 Å². The third-order valence-electron chi connectivity index (χ3n) is 8.20. The monoisotopic (exact) mass is 1530 g/mol. The molecule has 0 unspecified atom stereocenters. The molecule has 0 radical (unpaired) electrons. The summed E-state index contributed by atoms with van der Waals surface area (Å²) in [5.41, 5.74) is -3.30. The summed E-state index contributed by atoms with van der Waals surface area (Å²) in [6, 6.07) is 0. The number of rotatable bonds is 2. The van der Waals surface area contributed by atoms with Gasteiger partial charge in [0.2, 0.25) is 0 Å². The van der Waals surface area contributed by atoms with Crippen molar-refractivity contribution in [3.05, 3.63) is 66.8 Å². The Labute approximate surface area is 517 Å². The number of benzene rings is 2. The SMILES string of the molecule is C1COCCOCCOCCOCCO1.C1COCCOCCOCCOCCO1.C1COCCOCCOCCOCCO1.Fc1c(F)c(N=Nc2c(F)c(F)c(I)c(F)c2F)c(F)c(F)c1I.[Au+].[C-]#N.[C-]#N.[K+]. The van der Waals surface area contributed by atoms with Gasteiger partial charge in [0.05, 0.1) is 205 Å². The van der Waals surface area contributed by atoms with E-state index in [9.17, 15) is 35.1 Å². The van der Waals surface area contributed by atoms with E-state index in [-0.39, 0.29) is 73.8 Å². The van der Waals surface area contributed by atoms with Crippen LogP contribution in [0.25, 0.3) is 0 Å². The average molecular weight is 1530 g/mol. The molecule has 2 aromatic rings. The van der Waals surface area contributed by atoms with Gasteiger partial charge < -0.3 is 94.7 Å². The molecule has 0 N–H and O–H groups in total. The first kappa shape index (κ1) is 78.9. The summed E-state index contributed by atoms with van der Waals surface area (Å²) in [6.45, 7) is 27.8. The summed E-state index contributed by atoms with van der Waals surface area (Å²) in [6.07, 6.45) is 0. The van der Waals surface area contributed by atoms with Crippen molar-refractivity contribution < 1.29 is 180 Å². The summed E-state index contributed by atoms with van der Waals surface area (Å²) < 4.78 is 185. The van der Waals surface area contributed by atoms with Crippen LogP contribution in [0.2, 0.25) is 0 Å². The summed E-state index contributed by atoms with van der Waals surface area (Å²) in [5, 5.41) is 17.8. The largest absolute Gasteiger partial charge is 1.00 e. The van der Waals surface area contributed by atoms with Crippen molar-refractivity contribution in [3.8, 4) is 0 Å². The minimum Gasteiger partial charge on any atom is -0.512 e.